The van der Waals surface area contributed by atoms with E-state index in [1.165, 1.54) is 11.1 Å². The Hall–Kier alpha value is -0.860. The third-order valence-electron chi connectivity index (χ3n) is 4.04. The van der Waals surface area contributed by atoms with Crippen molar-refractivity contribution in [2.45, 2.75) is 44.8 Å². The van der Waals surface area contributed by atoms with Crippen LogP contribution in [0.2, 0.25) is 0 Å². The summed E-state index contributed by atoms with van der Waals surface area (Å²) in [7, 11) is 1.76. The number of hydrogen-bond donors (Lipinski definition) is 0. The molecular formula is C15H22O2. The summed E-state index contributed by atoms with van der Waals surface area (Å²) in [5.41, 5.74) is 2.41. The first kappa shape index (κ1) is 12.6. The van der Waals surface area contributed by atoms with Crippen LogP contribution in [0.3, 0.4) is 0 Å². The lowest BCUT2D eigenvalue weighted by Gasteiger charge is -2.30. The van der Waals surface area contributed by atoms with Crippen molar-refractivity contribution in [3.8, 4) is 0 Å². The van der Waals surface area contributed by atoms with Crippen LogP contribution in [0.1, 0.15) is 31.4 Å². The minimum atomic E-state index is -0.197. The molecule has 1 saturated heterocycles. The first-order valence-corrected chi connectivity index (χ1v) is 6.24. The molecule has 1 aromatic rings. The average Bonchev–Trinajstić information content (AvgIpc) is 3.10. The predicted octanol–water partition coefficient (Wildman–Crippen LogP) is 3.12. The van der Waals surface area contributed by atoms with Gasteiger partial charge in [-0.15, -0.1) is 0 Å². The highest BCUT2D eigenvalue weighted by molar-refractivity contribution is 5.22. The quantitative estimate of drug-likeness (QED) is 0.730. The van der Waals surface area contributed by atoms with Crippen molar-refractivity contribution >= 4 is 0 Å². The summed E-state index contributed by atoms with van der Waals surface area (Å²) in [6.07, 6.45) is 2.07. The Labute approximate surface area is 104 Å². The summed E-state index contributed by atoms with van der Waals surface area (Å²) >= 11 is 0. The van der Waals surface area contributed by atoms with Gasteiger partial charge in [-0.1, -0.05) is 29.8 Å². The first-order chi connectivity index (χ1) is 7.99. The molecule has 0 saturated carbocycles. The van der Waals surface area contributed by atoms with Crippen LogP contribution in [0, 0.1) is 6.92 Å². The minimum absolute atomic E-state index is 0.0767. The lowest BCUT2D eigenvalue weighted by Crippen LogP contribution is -2.42. The maximum Gasteiger partial charge on any atom is 0.120 e. The maximum atomic E-state index is 5.67. The van der Waals surface area contributed by atoms with Gasteiger partial charge in [0.15, 0.2) is 0 Å². The van der Waals surface area contributed by atoms with Crippen LogP contribution in [-0.4, -0.2) is 24.9 Å². The second-order valence-electron chi connectivity index (χ2n) is 5.48. The number of ether oxygens (including phenoxy) is 2. The molecule has 0 aliphatic carbocycles. The molecule has 2 rings (SSSR count). The molecule has 0 radical (unpaired) electrons. The molecule has 2 nitrogen and oxygen atoms in total. The van der Waals surface area contributed by atoms with Crippen molar-refractivity contribution in [1.29, 1.82) is 0 Å². The van der Waals surface area contributed by atoms with Crippen LogP contribution in [0.5, 0.6) is 0 Å². The van der Waals surface area contributed by atoms with Gasteiger partial charge in [0.25, 0.3) is 0 Å². The third kappa shape index (κ3) is 2.53. The molecule has 0 amide bonds. The largest absolute Gasteiger partial charge is 0.376 e. The van der Waals surface area contributed by atoms with Crippen molar-refractivity contribution in [3.63, 3.8) is 0 Å². The van der Waals surface area contributed by atoms with Crippen LogP contribution in [-0.2, 0) is 15.9 Å². The van der Waals surface area contributed by atoms with E-state index >= 15 is 0 Å². The normalized spacial score (nSPS) is 23.8. The Morgan fingerprint density at radius 2 is 1.88 bits per heavy atom. The fourth-order valence-corrected chi connectivity index (χ4v) is 2.17. The van der Waals surface area contributed by atoms with E-state index in [0.717, 1.165) is 19.4 Å². The summed E-state index contributed by atoms with van der Waals surface area (Å²) in [6, 6.07) is 8.73. The maximum absolute atomic E-state index is 5.67. The SMILES string of the molecule is COC(C)(C)C1(CCc2ccc(C)cc2)CO1. The summed E-state index contributed by atoms with van der Waals surface area (Å²) in [5.74, 6) is 0. The third-order valence-corrected chi connectivity index (χ3v) is 4.04. The Morgan fingerprint density at radius 3 is 2.35 bits per heavy atom. The number of benzene rings is 1. The zero-order valence-electron chi connectivity index (χ0n) is 11.2. The van der Waals surface area contributed by atoms with Crippen LogP contribution >= 0.6 is 0 Å². The van der Waals surface area contributed by atoms with Gasteiger partial charge in [0, 0.05) is 7.11 Å². The number of rotatable bonds is 5. The molecule has 1 aliphatic rings. The van der Waals surface area contributed by atoms with Crippen LogP contribution in [0.15, 0.2) is 24.3 Å². The van der Waals surface area contributed by atoms with Gasteiger partial charge in [0.05, 0.1) is 12.2 Å². The van der Waals surface area contributed by atoms with Gasteiger partial charge < -0.3 is 9.47 Å². The highest BCUT2D eigenvalue weighted by atomic mass is 16.6. The molecule has 94 valence electrons. The fourth-order valence-electron chi connectivity index (χ4n) is 2.17. The number of aryl methyl sites for hydroxylation is 2. The van der Waals surface area contributed by atoms with Crippen LogP contribution < -0.4 is 0 Å². The lowest BCUT2D eigenvalue weighted by molar-refractivity contribution is -0.0473. The Balaban J connectivity index is 1.97. The van der Waals surface area contributed by atoms with Crippen molar-refractivity contribution in [3.05, 3.63) is 35.4 Å². The van der Waals surface area contributed by atoms with Crippen molar-refractivity contribution in [2.24, 2.45) is 0 Å². The Kier molecular flexibility index (Phi) is 3.28. The highest BCUT2D eigenvalue weighted by Crippen LogP contribution is 2.43. The molecule has 0 spiro atoms. The van der Waals surface area contributed by atoms with E-state index in [-0.39, 0.29) is 11.2 Å². The summed E-state index contributed by atoms with van der Waals surface area (Å²) < 4.78 is 11.2. The topological polar surface area (TPSA) is 21.8 Å². The fraction of sp³-hybridized carbons (Fsp3) is 0.600. The minimum Gasteiger partial charge on any atom is -0.376 e. The molecule has 1 heterocycles. The van der Waals surface area contributed by atoms with Crippen LogP contribution in [0.25, 0.3) is 0 Å². The molecular weight excluding hydrogens is 212 g/mol. The van der Waals surface area contributed by atoms with Crippen molar-refractivity contribution in [1.82, 2.24) is 0 Å². The highest BCUT2D eigenvalue weighted by Gasteiger charge is 2.56. The number of hydrogen-bond acceptors (Lipinski definition) is 2. The number of methoxy groups -OCH3 is 1. The standard InChI is InChI=1S/C15H22O2/c1-12-5-7-13(8-6-12)9-10-15(11-17-15)14(2,3)16-4/h5-8H,9-11H2,1-4H3. The van der Waals surface area contributed by atoms with E-state index in [1.807, 2.05) is 0 Å². The zero-order chi connectivity index (χ0) is 12.5. The number of epoxide rings is 1. The van der Waals surface area contributed by atoms with E-state index in [9.17, 15) is 0 Å². The molecule has 1 aromatic carbocycles. The van der Waals surface area contributed by atoms with E-state index in [4.69, 9.17) is 9.47 Å². The van der Waals surface area contributed by atoms with Gasteiger partial charge in [-0.2, -0.15) is 0 Å². The van der Waals surface area contributed by atoms with Gasteiger partial charge in [0.1, 0.15) is 5.60 Å². The molecule has 0 N–H and O–H groups in total. The second kappa shape index (κ2) is 4.43. The molecule has 0 bridgehead atoms. The monoisotopic (exact) mass is 234 g/mol. The Morgan fingerprint density at radius 1 is 1.29 bits per heavy atom. The van der Waals surface area contributed by atoms with Gasteiger partial charge in [-0.25, -0.2) is 0 Å². The Bertz CT molecular complexity index is 374. The lowest BCUT2D eigenvalue weighted by atomic mass is 9.86. The molecule has 1 aliphatic heterocycles. The van der Waals surface area contributed by atoms with Gasteiger partial charge in [-0.05, 0) is 39.2 Å². The first-order valence-electron chi connectivity index (χ1n) is 6.24. The second-order valence-corrected chi connectivity index (χ2v) is 5.48. The van der Waals surface area contributed by atoms with E-state index in [0.29, 0.717) is 0 Å². The van der Waals surface area contributed by atoms with E-state index in [2.05, 4.69) is 45.0 Å². The molecule has 2 heteroatoms. The van der Waals surface area contributed by atoms with E-state index in [1.54, 1.807) is 7.11 Å². The molecule has 1 fully saturated rings. The summed E-state index contributed by atoms with van der Waals surface area (Å²) in [6.45, 7) is 7.15. The summed E-state index contributed by atoms with van der Waals surface area (Å²) in [4.78, 5) is 0. The molecule has 0 aromatic heterocycles. The average molecular weight is 234 g/mol. The van der Waals surface area contributed by atoms with Crippen LogP contribution in [0.4, 0.5) is 0 Å². The van der Waals surface area contributed by atoms with E-state index < -0.39 is 0 Å². The smallest absolute Gasteiger partial charge is 0.120 e. The van der Waals surface area contributed by atoms with Gasteiger partial charge in [0.2, 0.25) is 0 Å². The predicted molar refractivity (Wildman–Crippen MR) is 69.3 cm³/mol. The van der Waals surface area contributed by atoms with Gasteiger partial charge >= 0.3 is 0 Å². The molecule has 17 heavy (non-hydrogen) atoms. The van der Waals surface area contributed by atoms with Crippen molar-refractivity contribution < 1.29 is 9.47 Å². The zero-order valence-corrected chi connectivity index (χ0v) is 11.2. The van der Waals surface area contributed by atoms with Gasteiger partial charge in [-0.3, -0.25) is 0 Å². The molecule has 1 atom stereocenters. The summed E-state index contributed by atoms with van der Waals surface area (Å²) in [5, 5.41) is 0. The molecule has 1 unspecified atom stereocenters. The van der Waals surface area contributed by atoms with Crippen molar-refractivity contribution in [2.75, 3.05) is 13.7 Å².